The molecule has 1 aliphatic heterocycles. The number of nitrogens with one attached hydrogen (secondary N) is 1. The number of nitrogens with zero attached hydrogens (tertiary/aromatic N) is 1. The number of carbonyl (C=O) groups excluding carboxylic acids is 2. The van der Waals surface area contributed by atoms with E-state index < -0.39 is 0 Å². The zero-order valence-electron chi connectivity index (χ0n) is 15.6. The molecule has 2 amide bonds. The maximum Gasteiger partial charge on any atom is 0.253 e. The van der Waals surface area contributed by atoms with Crippen molar-refractivity contribution in [2.45, 2.75) is 26.2 Å². The minimum atomic E-state index is -0.365. The van der Waals surface area contributed by atoms with Gasteiger partial charge in [-0.3, -0.25) is 9.59 Å². The average Bonchev–Trinajstić information content (AvgIpc) is 2.69. The molecule has 1 saturated heterocycles. The molecule has 2 aromatic carbocycles. The maximum atomic E-state index is 13.0. The largest absolute Gasteiger partial charge is 0.355 e. The lowest BCUT2D eigenvalue weighted by Gasteiger charge is -2.32. The Labute approximate surface area is 159 Å². The molecule has 0 aromatic heterocycles. The van der Waals surface area contributed by atoms with Crippen molar-refractivity contribution < 1.29 is 14.0 Å². The summed E-state index contributed by atoms with van der Waals surface area (Å²) in [5.41, 5.74) is 2.91. The van der Waals surface area contributed by atoms with Crippen LogP contribution in [-0.2, 0) is 11.2 Å². The summed E-state index contributed by atoms with van der Waals surface area (Å²) in [4.78, 5) is 26.8. The van der Waals surface area contributed by atoms with E-state index in [1.54, 1.807) is 4.90 Å². The number of amides is 2. The van der Waals surface area contributed by atoms with Gasteiger partial charge in [0.15, 0.2) is 0 Å². The molecule has 27 heavy (non-hydrogen) atoms. The fraction of sp³-hybridized carbons (Fsp3) is 0.364. The molecule has 1 fully saturated rings. The van der Waals surface area contributed by atoms with Crippen molar-refractivity contribution in [2.24, 2.45) is 5.92 Å². The van der Waals surface area contributed by atoms with Crippen molar-refractivity contribution >= 4 is 11.8 Å². The van der Waals surface area contributed by atoms with Crippen molar-refractivity contribution in [1.29, 1.82) is 0 Å². The number of rotatable bonds is 5. The van der Waals surface area contributed by atoms with Crippen LogP contribution >= 0.6 is 0 Å². The quantitative estimate of drug-likeness (QED) is 0.880. The van der Waals surface area contributed by atoms with Crippen LogP contribution in [0.5, 0.6) is 0 Å². The first-order valence-electron chi connectivity index (χ1n) is 9.41. The molecule has 1 aliphatic rings. The van der Waals surface area contributed by atoms with Gasteiger partial charge < -0.3 is 10.2 Å². The number of aryl methyl sites for hydroxylation is 1. The summed E-state index contributed by atoms with van der Waals surface area (Å²) in [6.45, 7) is 3.69. The van der Waals surface area contributed by atoms with E-state index in [2.05, 4.69) is 24.4 Å². The van der Waals surface area contributed by atoms with Gasteiger partial charge in [-0.1, -0.05) is 24.3 Å². The Bertz CT molecular complexity index is 804. The van der Waals surface area contributed by atoms with Gasteiger partial charge in [0.2, 0.25) is 5.91 Å². The van der Waals surface area contributed by atoms with Gasteiger partial charge in [0.25, 0.3) is 5.91 Å². The molecule has 0 bridgehead atoms. The molecular weight excluding hydrogens is 343 g/mol. The summed E-state index contributed by atoms with van der Waals surface area (Å²) in [5.74, 6) is -0.705. The second kappa shape index (κ2) is 8.80. The van der Waals surface area contributed by atoms with Gasteiger partial charge in [-0.15, -0.1) is 0 Å². The molecule has 4 nitrogen and oxygen atoms in total. The fourth-order valence-electron chi connectivity index (χ4n) is 3.51. The Hall–Kier alpha value is -2.69. The highest BCUT2D eigenvalue weighted by Crippen LogP contribution is 2.19. The standard InChI is InChI=1S/C22H25FN2O2/c1-16-5-2-3-6-17(16)12-13-24-21(26)19-7-4-14-25(15-19)22(27)18-8-10-20(23)11-9-18/h2-3,5-6,8-11,19H,4,7,12-15H2,1H3,(H,24,26). The van der Waals surface area contributed by atoms with Crippen LogP contribution in [0.4, 0.5) is 4.39 Å². The van der Waals surface area contributed by atoms with Crippen LogP contribution in [0.2, 0.25) is 0 Å². The van der Waals surface area contributed by atoms with Crippen molar-refractivity contribution in [3.63, 3.8) is 0 Å². The molecule has 0 saturated carbocycles. The zero-order valence-corrected chi connectivity index (χ0v) is 15.6. The summed E-state index contributed by atoms with van der Waals surface area (Å²) < 4.78 is 13.0. The fourth-order valence-corrected chi connectivity index (χ4v) is 3.51. The Balaban J connectivity index is 1.52. The third-order valence-corrected chi connectivity index (χ3v) is 5.13. The molecule has 0 aliphatic carbocycles. The van der Waals surface area contributed by atoms with Gasteiger partial charge in [-0.05, 0) is 61.6 Å². The Morgan fingerprint density at radius 3 is 2.63 bits per heavy atom. The SMILES string of the molecule is Cc1ccccc1CCNC(=O)C1CCCN(C(=O)c2ccc(F)cc2)C1. The highest BCUT2D eigenvalue weighted by atomic mass is 19.1. The first-order chi connectivity index (χ1) is 13.0. The molecule has 0 spiro atoms. The van der Waals surface area contributed by atoms with E-state index in [9.17, 15) is 14.0 Å². The van der Waals surface area contributed by atoms with E-state index in [0.29, 0.717) is 25.2 Å². The number of likely N-dealkylation sites (tertiary alicyclic amines) is 1. The first kappa shape index (κ1) is 19.1. The Morgan fingerprint density at radius 1 is 1.15 bits per heavy atom. The van der Waals surface area contributed by atoms with Gasteiger partial charge >= 0.3 is 0 Å². The Kier molecular flexibility index (Phi) is 6.22. The summed E-state index contributed by atoms with van der Waals surface area (Å²) in [5, 5.41) is 3.01. The van der Waals surface area contributed by atoms with Crippen LogP contribution in [0.25, 0.3) is 0 Å². The number of carbonyl (C=O) groups is 2. The topological polar surface area (TPSA) is 49.4 Å². The van der Waals surface area contributed by atoms with E-state index in [-0.39, 0.29) is 23.5 Å². The highest BCUT2D eigenvalue weighted by molar-refractivity contribution is 5.94. The first-order valence-corrected chi connectivity index (χ1v) is 9.41. The van der Waals surface area contributed by atoms with Crippen molar-refractivity contribution in [3.8, 4) is 0 Å². The number of piperidine rings is 1. The van der Waals surface area contributed by atoms with E-state index in [1.165, 1.54) is 35.4 Å². The molecule has 3 rings (SSSR count). The number of halogens is 1. The molecular formula is C22H25FN2O2. The van der Waals surface area contributed by atoms with Gasteiger partial charge in [0.05, 0.1) is 5.92 Å². The summed E-state index contributed by atoms with van der Waals surface area (Å²) in [6, 6.07) is 13.7. The van der Waals surface area contributed by atoms with E-state index in [4.69, 9.17) is 0 Å². The van der Waals surface area contributed by atoms with Gasteiger partial charge in [-0.25, -0.2) is 4.39 Å². The van der Waals surface area contributed by atoms with E-state index in [1.807, 2.05) is 12.1 Å². The molecule has 1 N–H and O–H groups in total. The van der Waals surface area contributed by atoms with Crippen molar-refractivity contribution in [1.82, 2.24) is 10.2 Å². The third-order valence-electron chi connectivity index (χ3n) is 5.13. The third kappa shape index (κ3) is 4.94. The minimum absolute atomic E-state index is 0.000176. The average molecular weight is 368 g/mol. The maximum absolute atomic E-state index is 13.0. The molecule has 0 radical (unpaired) electrons. The molecule has 5 heteroatoms. The van der Waals surface area contributed by atoms with Crippen molar-refractivity contribution in [3.05, 3.63) is 71.0 Å². The zero-order chi connectivity index (χ0) is 19.2. The minimum Gasteiger partial charge on any atom is -0.355 e. The molecule has 142 valence electrons. The second-order valence-electron chi connectivity index (χ2n) is 7.06. The lowest BCUT2D eigenvalue weighted by atomic mass is 9.96. The van der Waals surface area contributed by atoms with Crippen LogP contribution in [0.1, 0.15) is 34.3 Å². The lowest BCUT2D eigenvalue weighted by molar-refractivity contribution is -0.126. The summed E-state index contributed by atoms with van der Waals surface area (Å²) in [7, 11) is 0. The monoisotopic (exact) mass is 368 g/mol. The van der Waals surface area contributed by atoms with Gasteiger partial charge in [0, 0.05) is 25.2 Å². The number of hydrogen-bond acceptors (Lipinski definition) is 2. The number of benzene rings is 2. The second-order valence-corrected chi connectivity index (χ2v) is 7.06. The Morgan fingerprint density at radius 2 is 1.89 bits per heavy atom. The van der Waals surface area contributed by atoms with Crippen LogP contribution in [0.15, 0.2) is 48.5 Å². The predicted molar refractivity (Wildman–Crippen MR) is 103 cm³/mol. The molecule has 1 heterocycles. The van der Waals surface area contributed by atoms with E-state index >= 15 is 0 Å². The van der Waals surface area contributed by atoms with Crippen molar-refractivity contribution in [2.75, 3.05) is 19.6 Å². The molecule has 1 unspecified atom stereocenters. The molecule has 1 atom stereocenters. The lowest BCUT2D eigenvalue weighted by Crippen LogP contribution is -2.45. The van der Waals surface area contributed by atoms with Gasteiger partial charge in [-0.2, -0.15) is 0 Å². The van der Waals surface area contributed by atoms with Crippen LogP contribution in [0.3, 0.4) is 0 Å². The molecule has 2 aromatic rings. The van der Waals surface area contributed by atoms with Crippen LogP contribution < -0.4 is 5.32 Å². The van der Waals surface area contributed by atoms with Crippen LogP contribution in [-0.4, -0.2) is 36.3 Å². The summed E-state index contributed by atoms with van der Waals surface area (Å²) in [6.07, 6.45) is 2.37. The van der Waals surface area contributed by atoms with E-state index in [0.717, 1.165) is 19.3 Å². The normalized spacial score (nSPS) is 16.8. The van der Waals surface area contributed by atoms with Crippen LogP contribution in [0, 0.1) is 18.7 Å². The van der Waals surface area contributed by atoms with Gasteiger partial charge in [0.1, 0.15) is 5.82 Å². The number of hydrogen-bond donors (Lipinski definition) is 1. The highest BCUT2D eigenvalue weighted by Gasteiger charge is 2.28. The smallest absolute Gasteiger partial charge is 0.253 e. The predicted octanol–water partition coefficient (Wildman–Crippen LogP) is 3.35. The summed E-state index contributed by atoms with van der Waals surface area (Å²) >= 11 is 0.